The number of hydrogen-bond donors (Lipinski definition) is 1. The van der Waals surface area contributed by atoms with Gasteiger partial charge < -0.3 is 14.6 Å². The van der Waals surface area contributed by atoms with Crippen LogP contribution in [0.1, 0.15) is 17.5 Å². The molecule has 4 heteroatoms. The molecule has 3 aliphatic carbocycles. The fourth-order valence-corrected chi connectivity index (χ4v) is 6.14. The Morgan fingerprint density at radius 3 is 3.00 bits per heavy atom. The minimum atomic E-state index is -0.127. The number of aromatic hydroxyl groups is 1. The number of rotatable bonds is 1. The minimum Gasteiger partial charge on any atom is -0.504 e. The summed E-state index contributed by atoms with van der Waals surface area (Å²) >= 11 is 0. The normalized spacial score (nSPS) is 42.1. The van der Waals surface area contributed by atoms with E-state index < -0.39 is 0 Å². The van der Waals surface area contributed by atoms with Crippen LogP contribution in [0, 0.1) is 0 Å². The fourth-order valence-electron chi connectivity index (χ4n) is 6.14. The second-order valence-corrected chi connectivity index (χ2v) is 7.35. The van der Waals surface area contributed by atoms with Crippen LogP contribution in [0.2, 0.25) is 0 Å². The van der Waals surface area contributed by atoms with Crippen LogP contribution in [0.25, 0.3) is 0 Å². The maximum Gasteiger partial charge on any atom is 0.169 e. The summed E-state index contributed by atoms with van der Waals surface area (Å²) < 4.78 is 11.8. The van der Waals surface area contributed by atoms with Crippen molar-refractivity contribution in [1.29, 1.82) is 0 Å². The van der Waals surface area contributed by atoms with Crippen molar-refractivity contribution in [3.63, 3.8) is 0 Å². The fraction of sp³-hybridized carbons (Fsp3) is 0.444. The lowest BCUT2D eigenvalue weighted by Gasteiger charge is -2.54. The van der Waals surface area contributed by atoms with Gasteiger partial charge in [-0.2, -0.15) is 0 Å². The Morgan fingerprint density at radius 2 is 2.23 bits per heavy atom. The van der Waals surface area contributed by atoms with E-state index in [2.05, 4.69) is 30.2 Å². The molecule has 0 radical (unpaired) electrons. The van der Waals surface area contributed by atoms with Gasteiger partial charge in [-0.3, -0.25) is 4.90 Å². The third-order valence-electron chi connectivity index (χ3n) is 6.62. The summed E-state index contributed by atoms with van der Waals surface area (Å²) in [5.74, 6) is 1.81. The van der Waals surface area contributed by atoms with E-state index in [4.69, 9.17) is 9.47 Å². The van der Waals surface area contributed by atoms with Crippen molar-refractivity contribution < 1.29 is 14.6 Å². The molecule has 2 heterocycles. The number of nitrogens with zero attached hydrogens (tertiary/aromatic N) is 1. The number of phenols is 1. The average Bonchev–Trinajstić information content (AvgIpc) is 3.06. The third-order valence-corrected chi connectivity index (χ3v) is 6.62. The van der Waals surface area contributed by atoms with Gasteiger partial charge in [0.2, 0.25) is 0 Å². The first-order valence-corrected chi connectivity index (χ1v) is 7.83. The Hall–Kier alpha value is -1.94. The first-order valence-electron chi connectivity index (χ1n) is 7.83. The minimum absolute atomic E-state index is 0.126. The maximum atomic E-state index is 10.3. The number of allylic oxidation sites excluding steroid dienone is 2. The smallest absolute Gasteiger partial charge is 0.169 e. The zero-order valence-corrected chi connectivity index (χ0v) is 12.6. The van der Waals surface area contributed by atoms with Crippen molar-refractivity contribution >= 4 is 0 Å². The number of hydrogen-bond acceptors (Lipinski definition) is 4. The first kappa shape index (κ1) is 11.6. The Kier molecular flexibility index (Phi) is 1.61. The van der Waals surface area contributed by atoms with E-state index in [9.17, 15) is 5.11 Å². The summed E-state index contributed by atoms with van der Waals surface area (Å²) in [6.45, 7) is 1.09. The van der Waals surface area contributed by atoms with Gasteiger partial charge in [-0.05, 0) is 36.7 Å². The Labute approximate surface area is 128 Å². The summed E-state index contributed by atoms with van der Waals surface area (Å²) in [6.07, 6.45) is 5.24. The molecule has 2 fully saturated rings. The zero-order chi connectivity index (χ0) is 14.9. The summed E-state index contributed by atoms with van der Waals surface area (Å²) in [4.78, 5) is 2.44. The van der Waals surface area contributed by atoms with Gasteiger partial charge in [-0.1, -0.05) is 12.1 Å². The third kappa shape index (κ3) is 0.841. The highest BCUT2D eigenvalue weighted by atomic mass is 16.5. The van der Waals surface area contributed by atoms with Gasteiger partial charge in [0.15, 0.2) is 17.6 Å². The van der Waals surface area contributed by atoms with Crippen LogP contribution in [-0.4, -0.2) is 42.9 Å². The van der Waals surface area contributed by atoms with E-state index in [0.29, 0.717) is 11.8 Å². The molecule has 0 amide bonds. The molecule has 1 saturated heterocycles. The highest BCUT2D eigenvalue weighted by Gasteiger charge is 2.77. The SMILES string of the molecule is COC1=CC=C2[C@@H]3N(C)C[C@]34C[C@@]23c2c4ccc(O)c2O[C@@H]13. The van der Waals surface area contributed by atoms with Gasteiger partial charge in [0, 0.05) is 23.6 Å². The lowest BCUT2D eigenvalue weighted by molar-refractivity contribution is 0.0510. The summed E-state index contributed by atoms with van der Waals surface area (Å²) in [7, 11) is 3.91. The largest absolute Gasteiger partial charge is 0.504 e. The Morgan fingerprint density at radius 1 is 1.36 bits per heavy atom. The molecule has 2 bridgehead atoms. The first-order chi connectivity index (χ1) is 10.6. The maximum absolute atomic E-state index is 10.3. The molecule has 1 aromatic carbocycles. The second kappa shape index (κ2) is 3.06. The van der Waals surface area contributed by atoms with Crippen molar-refractivity contribution in [1.82, 2.24) is 4.90 Å². The number of phenolic OH excluding ortho intramolecular Hbond substituents is 1. The topological polar surface area (TPSA) is 41.9 Å². The molecule has 4 nitrogen and oxygen atoms in total. The summed E-state index contributed by atoms with van der Waals surface area (Å²) in [5.41, 5.74) is 4.15. The van der Waals surface area contributed by atoms with Crippen molar-refractivity contribution in [3.8, 4) is 11.5 Å². The van der Waals surface area contributed by atoms with Crippen molar-refractivity contribution in [2.75, 3.05) is 20.7 Å². The van der Waals surface area contributed by atoms with E-state index in [1.54, 1.807) is 13.2 Å². The number of likely N-dealkylation sites (tertiary alicyclic amines) is 1. The standard InChI is InChI=1S/C18H17NO3/c1-19-8-17-7-18-10(15(17)19)4-6-12(21-2)16(18)22-14-11(20)5-3-9(17)13(14)18/h3-6,15-16,20H,7-8H2,1-2H3/t15-,16-,17-,18-/m0/s1. The van der Waals surface area contributed by atoms with E-state index in [1.165, 1.54) is 16.7 Å². The van der Waals surface area contributed by atoms with Gasteiger partial charge >= 0.3 is 0 Å². The van der Waals surface area contributed by atoms with Gasteiger partial charge in [0.25, 0.3) is 0 Å². The van der Waals surface area contributed by atoms with Crippen molar-refractivity contribution in [2.24, 2.45) is 0 Å². The number of ether oxygens (including phenoxy) is 2. The molecule has 0 unspecified atom stereocenters. The van der Waals surface area contributed by atoms with Gasteiger partial charge in [-0.15, -0.1) is 0 Å². The van der Waals surface area contributed by atoms with E-state index in [1.807, 2.05) is 0 Å². The molecule has 2 aliphatic heterocycles. The molecular formula is C18H17NO3. The molecule has 2 spiro atoms. The molecular weight excluding hydrogens is 278 g/mol. The number of fused-ring (bicyclic) bond motifs is 1. The molecule has 112 valence electrons. The second-order valence-electron chi connectivity index (χ2n) is 7.35. The molecule has 22 heavy (non-hydrogen) atoms. The van der Waals surface area contributed by atoms with Gasteiger partial charge in [0.05, 0.1) is 12.5 Å². The number of benzene rings is 1. The van der Waals surface area contributed by atoms with E-state index in [0.717, 1.165) is 18.7 Å². The quantitative estimate of drug-likeness (QED) is 0.858. The van der Waals surface area contributed by atoms with E-state index >= 15 is 0 Å². The zero-order valence-electron chi connectivity index (χ0n) is 12.6. The lowest BCUT2D eigenvalue weighted by Crippen LogP contribution is -2.64. The van der Waals surface area contributed by atoms with Crippen LogP contribution in [0.15, 0.2) is 35.6 Å². The summed E-state index contributed by atoms with van der Waals surface area (Å²) in [6, 6.07) is 4.39. The monoisotopic (exact) mass is 295 g/mol. The van der Waals surface area contributed by atoms with E-state index in [-0.39, 0.29) is 22.7 Å². The van der Waals surface area contributed by atoms with Gasteiger partial charge in [-0.25, -0.2) is 0 Å². The molecule has 0 aromatic heterocycles. The van der Waals surface area contributed by atoms with Crippen LogP contribution in [0.3, 0.4) is 0 Å². The van der Waals surface area contributed by atoms with Crippen molar-refractivity contribution in [3.05, 3.63) is 46.7 Å². The Balaban J connectivity index is 1.74. The van der Waals surface area contributed by atoms with Gasteiger partial charge in [0.1, 0.15) is 5.76 Å². The van der Waals surface area contributed by atoms with Crippen LogP contribution in [-0.2, 0) is 15.6 Å². The predicted octanol–water partition coefficient (Wildman–Crippen LogP) is 1.83. The summed E-state index contributed by atoms with van der Waals surface area (Å²) in [5, 5.41) is 10.3. The molecule has 1 N–H and O–H groups in total. The lowest BCUT2D eigenvalue weighted by atomic mass is 9.63. The van der Waals surface area contributed by atoms with Crippen LogP contribution in [0.5, 0.6) is 11.5 Å². The molecule has 4 atom stereocenters. The highest BCUT2D eigenvalue weighted by molar-refractivity contribution is 5.75. The van der Waals surface area contributed by atoms with Crippen LogP contribution < -0.4 is 4.74 Å². The molecule has 6 rings (SSSR count). The predicted molar refractivity (Wildman–Crippen MR) is 80.1 cm³/mol. The Bertz CT molecular complexity index is 826. The molecule has 5 aliphatic rings. The average molecular weight is 295 g/mol. The van der Waals surface area contributed by atoms with Crippen LogP contribution in [0.4, 0.5) is 0 Å². The molecule has 1 saturated carbocycles. The highest BCUT2D eigenvalue weighted by Crippen LogP contribution is 2.75. The van der Waals surface area contributed by atoms with Crippen LogP contribution >= 0.6 is 0 Å². The van der Waals surface area contributed by atoms with Crippen molar-refractivity contribution in [2.45, 2.75) is 29.4 Å². The molecule has 1 aromatic rings. The number of likely N-dealkylation sites (N-methyl/N-ethyl adjacent to an activating group) is 1. The number of methoxy groups -OCH3 is 1.